The number of pyridine rings is 1. The molecule has 6 heteroatoms. The van der Waals surface area contributed by atoms with Crippen LogP contribution in [0.4, 0.5) is 21.6 Å². The summed E-state index contributed by atoms with van der Waals surface area (Å²) >= 11 is 0. The summed E-state index contributed by atoms with van der Waals surface area (Å²) in [5, 5.41) is 10.7. The van der Waals surface area contributed by atoms with Gasteiger partial charge in [0.05, 0.1) is 11.4 Å². The number of halogens is 1. The van der Waals surface area contributed by atoms with Crippen LogP contribution in [-0.2, 0) is 0 Å². The molecule has 0 radical (unpaired) electrons. The Morgan fingerprint density at radius 3 is 2.77 bits per heavy atom. The summed E-state index contributed by atoms with van der Waals surface area (Å²) in [5.74, 6) is 0.149. The van der Waals surface area contributed by atoms with Crippen LogP contribution in [0.25, 0.3) is 0 Å². The predicted molar refractivity (Wildman–Crippen MR) is 84.9 cm³/mol. The minimum atomic E-state index is -1.01. The van der Waals surface area contributed by atoms with Gasteiger partial charge in [-0.1, -0.05) is 12.1 Å². The molecular formula is C16H17FN4O. The Kier molecular flexibility index (Phi) is 3.54. The van der Waals surface area contributed by atoms with E-state index in [9.17, 15) is 9.50 Å². The van der Waals surface area contributed by atoms with Crippen molar-refractivity contribution in [3.8, 4) is 0 Å². The molecule has 3 rings (SSSR count). The molecule has 22 heavy (non-hydrogen) atoms. The fraction of sp³-hybridized carbons (Fsp3) is 0.250. The van der Waals surface area contributed by atoms with Crippen molar-refractivity contribution >= 4 is 22.9 Å². The number of nitrogens with two attached hydrogens (primary N) is 1. The van der Waals surface area contributed by atoms with Gasteiger partial charge in [-0.25, -0.2) is 14.4 Å². The molecule has 1 aliphatic rings. The lowest BCUT2D eigenvalue weighted by Crippen LogP contribution is -2.48. The maximum Gasteiger partial charge on any atom is 0.172 e. The zero-order valence-corrected chi connectivity index (χ0v) is 12.4. The van der Waals surface area contributed by atoms with Gasteiger partial charge in [0.1, 0.15) is 11.5 Å². The zero-order valence-electron chi connectivity index (χ0n) is 12.4. The van der Waals surface area contributed by atoms with Crippen LogP contribution >= 0.6 is 0 Å². The van der Waals surface area contributed by atoms with Crippen molar-refractivity contribution in [1.82, 2.24) is 4.98 Å². The molecule has 3 N–H and O–H groups in total. The predicted octanol–water partition coefficient (Wildman–Crippen LogP) is 2.47. The van der Waals surface area contributed by atoms with E-state index in [1.165, 1.54) is 12.1 Å². The van der Waals surface area contributed by atoms with Gasteiger partial charge in [-0.05, 0) is 32.0 Å². The lowest BCUT2D eigenvalue weighted by atomic mass is 10.0. The van der Waals surface area contributed by atoms with Gasteiger partial charge in [0.25, 0.3) is 0 Å². The summed E-state index contributed by atoms with van der Waals surface area (Å²) in [4.78, 5) is 10.4. The zero-order chi connectivity index (χ0) is 15.9. The summed E-state index contributed by atoms with van der Waals surface area (Å²) in [6.45, 7) is 3.87. The number of aliphatic hydroxyl groups is 1. The summed E-state index contributed by atoms with van der Waals surface area (Å²) in [6, 6.07) is 7.62. The van der Waals surface area contributed by atoms with E-state index in [0.717, 1.165) is 0 Å². The molecule has 1 aromatic carbocycles. The first-order valence-electron chi connectivity index (χ1n) is 7.04. The molecule has 0 amide bonds. The molecule has 0 fully saturated rings. The van der Waals surface area contributed by atoms with Crippen LogP contribution in [0.2, 0.25) is 0 Å². The molecule has 1 unspecified atom stereocenters. The van der Waals surface area contributed by atoms with Gasteiger partial charge in [0, 0.05) is 17.8 Å². The third-order valence-corrected chi connectivity index (χ3v) is 3.60. The molecule has 5 nitrogen and oxygen atoms in total. The Balaban J connectivity index is 2.21. The average molecular weight is 300 g/mol. The van der Waals surface area contributed by atoms with Crippen molar-refractivity contribution < 1.29 is 9.50 Å². The molecule has 1 aromatic heterocycles. The number of nitrogens with zero attached hydrogens (tertiary/aromatic N) is 3. The Labute approximate surface area is 127 Å². The molecule has 0 spiro atoms. The molecule has 0 aliphatic carbocycles. The topological polar surface area (TPSA) is 74.7 Å². The highest BCUT2D eigenvalue weighted by Gasteiger charge is 2.33. The number of aliphatic hydroxyl groups excluding tert-OH is 1. The van der Waals surface area contributed by atoms with Crippen molar-refractivity contribution in [2.45, 2.75) is 26.1 Å². The minimum Gasteiger partial charge on any atom is -0.397 e. The molecule has 1 aliphatic heterocycles. The molecule has 2 aromatic rings. The highest BCUT2D eigenvalue weighted by molar-refractivity contribution is 6.09. The van der Waals surface area contributed by atoms with Gasteiger partial charge >= 0.3 is 0 Å². The Morgan fingerprint density at radius 1 is 1.32 bits per heavy atom. The minimum absolute atomic E-state index is 0.0258. The molecule has 0 bridgehead atoms. The van der Waals surface area contributed by atoms with E-state index in [1.807, 2.05) is 13.8 Å². The van der Waals surface area contributed by atoms with E-state index < -0.39 is 6.23 Å². The number of aliphatic imine (C=N–C) groups is 1. The van der Waals surface area contributed by atoms with E-state index >= 15 is 0 Å². The van der Waals surface area contributed by atoms with Crippen LogP contribution in [0.5, 0.6) is 0 Å². The highest BCUT2D eigenvalue weighted by atomic mass is 19.1. The van der Waals surface area contributed by atoms with Crippen LogP contribution in [0.1, 0.15) is 19.4 Å². The standard InChI is InChI=1S/C16H17FN4O/c1-9(2)21-15-14(12(18)6-7-19-15)20-13(16(21)22)10-4-3-5-11(17)8-10/h3-9,16,22H,1-2H3,(H2,18,19). The third kappa shape index (κ3) is 2.31. The first-order chi connectivity index (χ1) is 10.5. The second-order valence-electron chi connectivity index (χ2n) is 5.45. The van der Waals surface area contributed by atoms with Crippen LogP contribution in [-0.4, -0.2) is 28.1 Å². The quantitative estimate of drug-likeness (QED) is 0.893. The lowest BCUT2D eigenvalue weighted by molar-refractivity contribution is 0.224. The summed E-state index contributed by atoms with van der Waals surface area (Å²) in [6.07, 6.45) is 0.572. The largest absolute Gasteiger partial charge is 0.397 e. The van der Waals surface area contributed by atoms with Gasteiger partial charge in [0.2, 0.25) is 0 Å². The molecule has 1 atom stereocenters. The number of hydrogen-bond acceptors (Lipinski definition) is 5. The van der Waals surface area contributed by atoms with Gasteiger partial charge in [-0.3, -0.25) is 0 Å². The maximum absolute atomic E-state index is 13.5. The first-order valence-corrected chi connectivity index (χ1v) is 7.04. The molecule has 114 valence electrons. The van der Waals surface area contributed by atoms with Gasteiger partial charge in [-0.2, -0.15) is 0 Å². The molecule has 2 heterocycles. The second kappa shape index (κ2) is 5.38. The van der Waals surface area contributed by atoms with Gasteiger partial charge < -0.3 is 15.7 Å². The van der Waals surface area contributed by atoms with Crippen LogP contribution in [0.15, 0.2) is 41.5 Å². The number of anilines is 2. The van der Waals surface area contributed by atoms with E-state index in [0.29, 0.717) is 28.5 Å². The van der Waals surface area contributed by atoms with Gasteiger partial charge in [-0.15, -0.1) is 0 Å². The van der Waals surface area contributed by atoms with Crippen molar-refractivity contribution in [3.63, 3.8) is 0 Å². The second-order valence-corrected chi connectivity index (χ2v) is 5.45. The molecule has 0 saturated heterocycles. The van der Waals surface area contributed by atoms with Crippen molar-refractivity contribution in [1.29, 1.82) is 0 Å². The lowest BCUT2D eigenvalue weighted by Gasteiger charge is -2.37. The SMILES string of the molecule is CC(C)N1c2nccc(N)c2N=C(c2cccc(F)c2)C1O. The van der Waals surface area contributed by atoms with E-state index in [1.54, 1.807) is 29.3 Å². The van der Waals surface area contributed by atoms with Crippen LogP contribution < -0.4 is 10.6 Å². The van der Waals surface area contributed by atoms with Crippen LogP contribution in [0.3, 0.4) is 0 Å². The monoisotopic (exact) mass is 300 g/mol. The summed E-state index contributed by atoms with van der Waals surface area (Å²) in [7, 11) is 0. The molecular weight excluding hydrogens is 283 g/mol. The number of hydrogen-bond donors (Lipinski definition) is 2. The van der Waals surface area contributed by atoms with Crippen LogP contribution in [0, 0.1) is 5.82 Å². The van der Waals surface area contributed by atoms with Gasteiger partial charge in [0.15, 0.2) is 12.0 Å². The normalized spacial score (nSPS) is 17.4. The van der Waals surface area contributed by atoms with E-state index in [2.05, 4.69) is 9.98 Å². The number of rotatable bonds is 2. The van der Waals surface area contributed by atoms with Crippen molar-refractivity contribution in [2.75, 3.05) is 10.6 Å². The Bertz CT molecular complexity index is 745. The highest BCUT2D eigenvalue weighted by Crippen LogP contribution is 2.38. The van der Waals surface area contributed by atoms with Crippen molar-refractivity contribution in [2.24, 2.45) is 4.99 Å². The smallest absolute Gasteiger partial charge is 0.172 e. The summed E-state index contributed by atoms with van der Waals surface area (Å²) < 4.78 is 13.5. The maximum atomic E-state index is 13.5. The fourth-order valence-electron chi connectivity index (χ4n) is 2.58. The number of nitrogen functional groups attached to an aromatic ring is 1. The van der Waals surface area contributed by atoms with Crippen molar-refractivity contribution in [3.05, 3.63) is 47.9 Å². The average Bonchev–Trinajstić information content (AvgIpc) is 2.46. The number of fused-ring (bicyclic) bond motifs is 1. The number of aromatic nitrogens is 1. The molecule has 0 saturated carbocycles. The van der Waals surface area contributed by atoms with E-state index in [4.69, 9.17) is 5.73 Å². The van der Waals surface area contributed by atoms with E-state index in [-0.39, 0.29) is 11.9 Å². The third-order valence-electron chi connectivity index (χ3n) is 3.60. The Hall–Kier alpha value is -2.47. The Morgan fingerprint density at radius 2 is 2.09 bits per heavy atom. The number of benzene rings is 1. The summed E-state index contributed by atoms with van der Waals surface area (Å²) in [5.41, 5.74) is 7.84. The fourth-order valence-corrected chi connectivity index (χ4v) is 2.58. The first kappa shape index (κ1) is 14.5.